The average Bonchev–Trinajstić information content (AvgIpc) is 2.83. The molecule has 0 saturated heterocycles. The van der Waals surface area contributed by atoms with Crippen LogP contribution in [0.3, 0.4) is 0 Å². The standard InChI is InChI=1S/C30H33F5/c1-2-3-4-5-6-7-20-8-10-21(11-9-20)22-12-15-25-23(18-22)13-16-26(29(25)32)24-14-17-27(28(31)19-24)30(33,34)35/h12-21H,2-11H2,1H3/t20-,21-. The lowest BCUT2D eigenvalue weighted by molar-refractivity contribution is -0.139. The first-order valence-corrected chi connectivity index (χ1v) is 12.9. The largest absolute Gasteiger partial charge is 0.419 e. The van der Waals surface area contributed by atoms with Crippen LogP contribution in [-0.2, 0) is 6.18 Å². The van der Waals surface area contributed by atoms with E-state index in [1.807, 2.05) is 12.1 Å². The lowest BCUT2D eigenvalue weighted by Gasteiger charge is -2.29. The molecule has 1 saturated carbocycles. The molecule has 0 amide bonds. The summed E-state index contributed by atoms with van der Waals surface area (Å²) in [6, 6.07) is 11.6. The topological polar surface area (TPSA) is 0 Å². The zero-order valence-electron chi connectivity index (χ0n) is 20.2. The molecule has 0 N–H and O–H groups in total. The Bertz CT molecular complexity index is 1140. The molecule has 0 atom stereocenters. The summed E-state index contributed by atoms with van der Waals surface area (Å²) < 4.78 is 67.9. The van der Waals surface area contributed by atoms with Gasteiger partial charge in [-0.15, -0.1) is 0 Å². The third-order valence-electron chi connectivity index (χ3n) is 7.60. The zero-order chi connectivity index (χ0) is 25.0. The van der Waals surface area contributed by atoms with Gasteiger partial charge < -0.3 is 0 Å². The Morgan fingerprint density at radius 3 is 2.23 bits per heavy atom. The zero-order valence-corrected chi connectivity index (χ0v) is 20.2. The van der Waals surface area contributed by atoms with Crippen molar-refractivity contribution < 1.29 is 22.0 Å². The number of rotatable bonds is 8. The number of fused-ring (bicyclic) bond motifs is 1. The molecular formula is C30H33F5. The molecule has 0 nitrogen and oxygen atoms in total. The van der Waals surface area contributed by atoms with Crippen molar-refractivity contribution in [1.82, 2.24) is 0 Å². The summed E-state index contributed by atoms with van der Waals surface area (Å²) in [6.07, 6.45) is 7.94. The summed E-state index contributed by atoms with van der Waals surface area (Å²) in [5, 5.41) is 1.15. The van der Waals surface area contributed by atoms with Crippen molar-refractivity contribution >= 4 is 10.8 Å². The normalized spacial score (nSPS) is 18.8. The molecule has 0 aromatic heterocycles. The van der Waals surface area contributed by atoms with E-state index in [0.29, 0.717) is 17.4 Å². The number of hydrogen-bond donors (Lipinski definition) is 0. The molecule has 3 aromatic carbocycles. The molecule has 1 aliphatic carbocycles. The van der Waals surface area contributed by atoms with E-state index >= 15 is 4.39 Å². The Labute approximate surface area is 204 Å². The maximum absolute atomic E-state index is 15.3. The fraction of sp³-hybridized carbons (Fsp3) is 0.467. The quantitative estimate of drug-likeness (QED) is 0.218. The van der Waals surface area contributed by atoms with Crippen molar-refractivity contribution in [3.8, 4) is 11.1 Å². The third kappa shape index (κ3) is 6.05. The van der Waals surface area contributed by atoms with E-state index < -0.39 is 23.4 Å². The van der Waals surface area contributed by atoms with Crippen LogP contribution in [0.4, 0.5) is 22.0 Å². The van der Waals surface area contributed by atoms with Gasteiger partial charge in [0.2, 0.25) is 0 Å². The number of hydrogen-bond acceptors (Lipinski definition) is 0. The summed E-state index contributed by atoms with van der Waals surface area (Å²) in [5.74, 6) is -0.652. The molecule has 1 fully saturated rings. The lowest BCUT2D eigenvalue weighted by Crippen LogP contribution is -2.13. The van der Waals surface area contributed by atoms with Gasteiger partial charge in [-0.05, 0) is 66.2 Å². The fourth-order valence-electron chi connectivity index (χ4n) is 5.52. The van der Waals surface area contributed by atoms with Gasteiger partial charge in [-0.25, -0.2) is 8.78 Å². The summed E-state index contributed by atoms with van der Waals surface area (Å²) in [4.78, 5) is 0. The Hall–Kier alpha value is -2.43. The fourth-order valence-corrected chi connectivity index (χ4v) is 5.52. The van der Waals surface area contributed by atoms with E-state index in [9.17, 15) is 17.6 Å². The molecule has 0 unspecified atom stereocenters. The Morgan fingerprint density at radius 2 is 1.54 bits per heavy atom. The van der Waals surface area contributed by atoms with Crippen LogP contribution in [0.25, 0.3) is 21.9 Å². The second-order valence-electron chi connectivity index (χ2n) is 10.0. The smallest absolute Gasteiger partial charge is 0.206 e. The summed E-state index contributed by atoms with van der Waals surface area (Å²) in [6.45, 7) is 2.24. The van der Waals surface area contributed by atoms with E-state index in [2.05, 4.69) is 6.92 Å². The van der Waals surface area contributed by atoms with E-state index in [1.165, 1.54) is 63.0 Å². The van der Waals surface area contributed by atoms with Gasteiger partial charge in [0, 0.05) is 10.9 Å². The van der Waals surface area contributed by atoms with Crippen LogP contribution >= 0.6 is 0 Å². The predicted molar refractivity (Wildman–Crippen MR) is 132 cm³/mol. The van der Waals surface area contributed by atoms with Crippen molar-refractivity contribution in [3.05, 3.63) is 71.3 Å². The molecular weight excluding hydrogens is 455 g/mol. The second kappa shape index (κ2) is 11.1. The van der Waals surface area contributed by atoms with Crippen LogP contribution in [0.1, 0.15) is 88.2 Å². The van der Waals surface area contributed by atoms with Crippen molar-refractivity contribution in [2.75, 3.05) is 0 Å². The molecule has 3 aromatic rings. The van der Waals surface area contributed by atoms with Crippen LogP contribution in [-0.4, -0.2) is 0 Å². The maximum Gasteiger partial charge on any atom is 0.419 e. The van der Waals surface area contributed by atoms with Crippen LogP contribution in [0.5, 0.6) is 0 Å². The van der Waals surface area contributed by atoms with Gasteiger partial charge in [0.1, 0.15) is 11.6 Å². The Morgan fingerprint density at radius 1 is 0.800 bits per heavy atom. The van der Waals surface area contributed by atoms with Gasteiger partial charge in [0.15, 0.2) is 0 Å². The highest BCUT2D eigenvalue weighted by Gasteiger charge is 2.34. The summed E-state index contributed by atoms with van der Waals surface area (Å²) >= 11 is 0. The summed E-state index contributed by atoms with van der Waals surface area (Å²) in [7, 11) is 0. The minimum absolute atomic E-state index is 0.0898. The van der Waals surface area contributed by atoms with Crippen molar-refractivity contribution in [3.63, 3.8) is 0 Å². The first-order chi connectivity index (χ1) is 16.8. The Balaban J connectivity index is 1.45. The molecule has 35 heavy (non-hydrogen) atoms. The molecule has 0 spiro atoms. The monoisotopic (exact) mass is 488 g/mol. The Kier molecular flexibility index (Phi) is 8.13. The highest BCUT2D eigenvalue weighted by atomic mass is 19.4. The van der Waals surface area contributed by atoms with E-state index in [0.717, 1.165) is 36.3 Å². The van der Waals surface area contributed by atoms with Gasteiger partial charge in [-0.2, -0.15) is 13.2 Å². The van der Waals surface area contributed by atoms with Gasteiger partial charge in [-0.1, -0.05) is 81.8 Å². The molecule has 1 aliphatic rings. The van der Waals surface area contributed by atoms with Crippen LogP contribution in [0.15, 0.2) is 48.5 Å². The SMILES string of the molecule is CCCCCCC[C@H]1CC[C@H](c2ccc3c(F)c(-c4ccc(C(F)(F)F)c(F)c4)ccc3c2)CC1. The van der Waals surface area contributed by atoms with E-state index in [-0.39, 0.29) is 11.1 Å². The van der Waals surface area contributed by atoms with E-state index in [4.69, 9.17) is 0 Å². The second-order valence-corrected chi connectivity index (χ2v) is 10.0. The number of benzene rings is 3. The molecule has 0 bridgehead atoms. The van der Waals surface area contributed by atoms with Crippen LogP contribution in [0, 0.1) is 17.6 Å². The lowest BCUT2D eigenvalue weighted by atomic mass is 9.76. The molecule has 0 radical (unpaired) electrons. The van der Waals surface area contributed by atoms with Gasteiger partial charge in [0.05, 0.1) is 5.56 Å². The molecule has 4 rings (SSSR count). The van der Waals surface area contributed by atoms with E-state index in [1.54, 1.807) is 12.1 Å². The van der Waals surface area contributed by atoms with Crippen molar-refractivity contribution in [2.45, 2.75) is 83.2 Å². The van der Waals surface area contributed by atoms with Gasteiger partial charge >= 0.3 is 6.18 Å². The first-order valence-electron chi connectivity index (χ1n) is 12.9. The third-order valence-corrected chi connectivity index (χ3v) is 7.60. The molecule has 5 heteroatoms. The highest BCUT2D eigenvalue weighted by molar-refractivity contribution is 5.89. The average molecular weight is 489 g/mol. The predicted octanol–water partition coefficient (Wildman–Crippen LogP) is 10.4. The number of halogens is 5. The number of unbranched alkanes of at least 4 members (excludes halogenated alkanes) is 4. The van der Waals surface area contributed by atoms with Crippen LogP contribution in [0.2, 0.25) is 0 Å². The highest BCUT2D eigenvalue weighted by Crippen LogP contribution is 2.40. The first kappa shape index (κ1) is 25.7. The van der Waals surface area contributed by atoms with Crippen molar-refractivity contribution in [1.29, 1.82) is 0 Å². The van der Waals surface area contributed by atoms with Crippen molar-refractivity contribution in [2.24, 2.45) is 5.92 Å². The summed E-state index contributed by atoms with van der Waals surface area (Å²) in [5.41, 5.74) is 0.0502. The number of alkyl halides is 3. The minimum atomic E-state index is -4.78. The minimum Gasteiger partial charge on any atom is -0.206 e. The van der Waals surface area contributed by atoms with Gasteiger partial charge in [0.25, 0.3) is 0 Å². The molecule has 188 valence electrons. The molecule has 0 aliphatic heterocycles. The van der Waals surface area contributed by atoms with Gasteiger partial charge in [-0.3, -0.25) is 0 Å². The van der Waals surface area contributed by atoms with Crippen LogP contribution < -0.4 is 0 Å². The molecule has 0 heterocycles. The maximum atomic E-state index is 15.3.